The molecule has 0 saturated carbocycles. The molecule has 18 heavy (non-hydrogen) atoms. The van der Waals surface area contributed by atoms with Gasteiger partial charge >= 0.3 is 0 Å². The number of rotatable bonds is 2. The smallest absolute Gasteiger partial charge is 0.145 e. The summed E-state index contributed by atoms with van der Waals surface area (Å²) in [5, 5.41) is 9.08. The standard InChI is InChI=1S/C15H14N2O/c1-10-3-5-15(12(7-10)9-16)18-14-6-4-13(17)8-11(14)2/h3-8H,17H2,1-2H3. The number of nitrogens with two attached hydrogens (primary N) is 1. The Morgan fingerprint density at radius 3 is 2.44 bits per heavy atom. The van der Waals surface area contributed by atoms with Crippen LogP contribution >= 0.6 is 0 Å². The fraction of sp³-hybridized carbons (Fsp3) is 0.133. The van der Waals surface area contributed by atoms with Gasteiger partial charge in [-0.05, 0) is 55.3 Å². The zero-order chi connectivity index (χ0) is 13.1. The van der Waals surface area contributed by atoms with Crippen molar-refractivity contribution in [2.24, 2.45) is 0 Å². The van der Waals surface area contributed by atoms with Crippen LogP contribution in [0.3, 0.4) is 0 Å². The van der Waals surface area contributed by atoms with Crippen molar-refractivity contribution in [3.63, 3.8) is 0 Å². The van der Waals surface area contributed by atoms with Gasteiger partial charge in [0.2, 0.25) is 0 Å². The monoisotopic (exact) mass is 238 g/mol. The van der Waals surface area contributed by atoms with Gasteiger partial charge in [-0.3, -0.25) is 0 Å². The SMILES string of the molecule is Cc1ccc(Oc2ccc(N)cc2C)c(C#N)c1. The molecule has 2 N–H and O–H groups in total. The highest BCUT2D eigenvalue weighted by Crippen LogP contribution is 2.29. The average molecular weight is 238 g/mol. The molecule has 0 aliphatic carbocycles. The molecule has 0 radical (unpaired) electrons. The van der Waals surface area contributed by atoms with Gasteiger partial charge in [-0.15, -0.1) is 0 Å². The first kappa shape index (κ1) is 12.0. The van der Waals surface area contributed by atoms with Crippen LogP contribution in [-0.4, -0.2) is 0 Å². The summed E-state index contributed by atoms with van der Waals surface area (Å²) >= 11 is 0. The third-order valence-electron chi connectivity index (χ3n) is 2.67. The Balaban J connectivity index is 2.37. The highest BCUT2D eigenvalue weighted by atomic mass is 16.5. The van der Waals surface area contributed by atoms with Crippen LogP contribution in [0.15, 0.2) is 36.4 Å². The Morgan fingerprint density at radius 2 is 1.78 bits per heavy atom. The molecule has 90 valence electrons. The van der Waals surface area contributed by atoms with Gasteiger partial charge < -0.3 is 10.5 Å². The van der Waals surface area contributed by atoms with Gasteiger partial charge in [0.25, 0.3) is 0 Å². The molecule has 0 aliphatic heterocycles. The molecule has 0 spiro atoms. The highest BCUT2D eigenvalue weighted by molar-refractivity contribution is 5.51. The van der Waals surface area contributed by atoms with Crippen LogP contribution in [0.5, 0.6) is 11.5 Å². The maximum Gasteiger partial charge on any atom is 0.145 e. The molecule has 3 heteroatoms. The number of nitrogen functional groups attached to an aromatic ring is 1. The largest absolute Gasteiger partial charge is 0.456 e. The summed E-state index contributed by atoms with van der Waals surface area (Å²) in [6.07, 6.45) is 0. The summed E-state index contributed by atoms with van der Waals surface area (Å²) in [5.74, 6) is 1.28. The summed E-state index contributed by atoms with van der Waals surface area (Å²) in [5.41, 5.74) is 8.90. The molecular weight excluding hydrogens is 224 g/mol. The van der Waals surface area contributed by atoms with Gasteiger partial charge in [-0.1, -0.05) is 6.07 Å². The van der Waals surface area contributed by atoms with Crippen LogP contribution in [0.1, 0.15) is 16.7 Å². The second kappa shape index (κ2) is 4.80. The number of anilines is 1. The predicted octanol–water partition coefficient (Wildman–Crippen LogP) is 3.55. The maximum atomic E-state index is 9.08. The van der Waals surface area contributed by atoms with E-state index in [9.17, 15) is 0 Å². The summed E-state index contributed by atoms with van der Waals surface area (Å²) in [7, 11) is 0. The second-order valence-electron chi connectivity index (χ2n) is 4.24. The highest BCUT2D eigenvalue weighted by Gasteiger charge is 2.07. The van der Waals surface area contributed by atoms with Gasteiger partial charge in [-0.25, -0.2) is 0 Å². The lowest BCUT2D eigenvalue weighted by Crippen LogP contribution is -1.93. The van der Waals surface area contributed by atoms with Crippen LogP contribution in [0, 0.1) is 25.2 Å². The summed E-state index contributed by atoms with van der Waals surface area (Å²) < 4.78 is 5.76. The van der Waals surface area contributed by atoms with Gasteiger partial charge in [0, 0.05) is 5.69 Å². The van der Waals surface area contributed by atoms with Crippen molar-refractivity contribution in [3.8, 4) is 17.6 Å². The molecule has 0 amide bonds. The number of aryl methyl sites for hydroxylation is 2. The van der Waals surface area contributed by atoms with Crippen molar-refractivity contribution < 1.29 is 4.74 Å². The number of nitriles is 1. The lowest BCUT2D eigenvalue weighted by atomic mass is 10.1. The van der Waals surface area contributed by atoms with Crippen molar-refractivity contribution in [3.05, 3.63) is 53.1 Å². The van der Waals surface area contributed by atoms with E-state index < -0.39 is 0 Å². The Bertz CT molecular complexity index is 627. The Morgan fingerprint density at radius 1 is 1.06 bits per heavy atom. The van der Waals surface area contributed by atoms with Crippen molar-refractivity contribution in [1.82, 2.24) is 0 Å². The molecule has 2 rings (SSSR count). The van der Waals surface area contributed by atoms with Gasteiger partial charge in [0.1, 0.15) is 17.6 Å². The van der Waals surface area contributed by atoms with Crippen molar-refractivity contribution in [2.75, 3.05) is 5.73 Å². The molecule has 0 heterocycles. The fourth-order valence-corrected chi connectivity index (χ4v) is 1.73. The quantitative estimate of drug-likeness (QED) is 0.814. The summed E-state index contributed by atoms with van der Waals surface area (Å²) in [6, 6.07) is 13.1. The first-order valence-electron chi connectivity index (χ1n) is 5.65. The van der Waals surface area contributed by atoms with Crippen molar-refractivity contribution in [1.29, 1.82) is 5.26 Å². The van der Waals surface area contributed by atoms with Crippen LogP contribution in [-0.2, 0) is 0 Å². The molecule has 0 aliphatic rings. The minimum absolute atomic E-state index is 0.534. The summed E-state index contributed by atoms with van der Waals surface area (Å²) in [4.78, 5) is 0. The van der Waals surface area contributed by atoms with Crippen LogP contribution < -0.4 is 10.5 Å². The van der Waals surface area contributed by atoms with E-state index in [0.29, 0.717) is 22.7 Å². The molecule has 0 atom stereocenters. The first-order chi connectivity index (χ1) is 8.60. The zero-order valence-electron chi connectivity index (χ0n) is 10.4. The lowest BCUT2D eigenvalue weighted by molar-refractivity contribution is 0.477. The topological polar surface area (TPSA) is 59.0 Å². The molecule has 0 bridgehead atoms. The number of ether oxygens (including phenoxy) is 1. The molecule has 2 aromatic carbocycles. The fourth-order valence-electron chi connectivity index (χ4n) is 1.73. The van der Waals surface area contributed by atoms with E-state index >= 15 is 0 Å². The van der Waals surface area contributed by atoms with E-state index in [1.165, 1.54) is 0 Å². The first-order valence-corrected chi connectivity index (χ1v) is 5.65. The lowest BCUT2D eigenvalue weighted by Gasteiger charge is -2.10. The van der Waals surface area contributed by atoms with E-state index in [0.717, 1.165) is 11.1 Å². The Hall–Kier alpha value is -2.47. The Labute approximate surface area is 106 Å². The van der Waals surface area contributed by atoms with E-state index in [1.807, 2.05) is 44.2 Å². The van der Waals surface area contributed by atoms with Gasteiger partial charge in [0.15, 0.2) is 0 Å². The van der Waals surface area contributed by atoms with E-state index in [1.54, 1.807) is 6.07 Å². The number of benzene rings is 2. The molecule has 2 aromatic rings. The van der Waals surface area contributed by atoms with Gasteiger partial charge in [-0.2, -0.15) is 5.26 Å². The second-order valence-corrected chi connectivity index (χ2v) is 4.24. The number of nitrogens with zero attached hydrogens (tertiary/aromatic N) is 1. The molecule has 0 saturated heterocycles. The normalized spacial score (nSPS) is 9.83. The molecular formula is C15H14N2O. The van der Waals surface area contributed by atoms with E-state index in [2.05, 4.69) is 6.07 Å². The minimum atomic E-state index is 0.534. The molecule has 0 aromatic heterocycles. The summed E-state index contributed by atoms with van der Waals surface area (Å²) in [6.45, 7) is 3.87. The maximum absolute atomic E-state index is 9.08. The number of hydrogen-bond donors (Lipinski definition) is 1. The average Bonchev–Trinajstić information content (AvgIpc) is 2.34. The third kappa shape index (κ3) is 2.44. The Kier molecular flexibility index (Phi) is 3.20. The third-order valence-corrected chi connectivity index (χ3v) is 2.67. The minimum Gasteiger partial charge on any atom is -0.456 e. The van der Waals surface area contributed by atoms with Crippen molar-refractivity contribution >= 4 is 5.69 Å². The molecule has 0 fully saturated rings. The zero-order valence-corrected chi connectivity index (χ0v) is 10.4. The van der Waals surface area contributed by atoms with E-state index in [-0.39, 0.29) is 0 Å². The van der Waals surface area contributed by atoms with Crippen LogP contribution in [0.4, 0.5) is 5.69 Å². The van der Waals surface area contributed by atoms with Gasteiger partial charge in [0.05, 0.1) is 5.56 Å². The predicted molar refractivity (Wildman–Crippen MR) is 71.6 cm³/mol. The van der Waals surface area contributed by atoms with Crippen LogP contribution in [0.2, 0.25) is 0 Å². The molecule has 0 unspecified atom stereocenters. The van der Waals surface area contributed by atoms with Crippen LogP contribution in [0.25, 0.3) is 0 Å². The number of hydrogen-bond acceptors (Lipinski definition) is 3. The molecule has 3 nitrogen and oxygen atoms in total. The van der Waals surface area contributed by atoms with E-state index in [4.69, 9.17) is 15.7 Å². The van der Waals surface area contributed by atoms with Crippen molar-refractivity contribution in [2.45, 2.75) is 13.8 Å².